The average molecular weight is 256 g/mol. The van der Waals surface area contributed by atoms with Crippen molar-refractivity contribution in [1.29, 1.82) is 0 Å². The molecule has 2 heteroatoms. The van der Waals surface area contributed by atoms with Crippen LogP contribution in [0.5, 0.6) is 0 Å². The topological polar surface area (TPSA) is 17.0 Å². The van der Waals surface area contributed by atoms with Crippen molar-refractivity contribution in [3.63, 3.8) is 0 Å². The highest BCUT2D eigenvalue weighted by molar-refractivity contribution is 5.84. The Kier molecular flexibility index (Phi) is 4.11. The Morgan fingerprint density at radius 2 is 2.00 bits per heavy atom. The third-order valence-corrected chi connectivity index (χ3v) is 3.25. The van der Waals surface area contributed by atoms with E-state index < -0.39 is 0 Å². The molecule has 19 heavy (non-hydrogen) atoms. The van der Waals surface area contributed by atoms with Gasteiger partial charge in [-0.05, 0) is 45.4 Å². The first-order chi connectivity index (χ1) is 9.01. The van der Waals surface area contributed by atoms with Crippen LogP contribution in [-0.4, -0.2) is 16.7 Å². The number of nitrogens with zero attached hydrogens (tertiary/aromatic N) is 1. The third kappa shape index (κ3) is 3.48. The monoisotopic (exact) mass is 256 g/mol. The highest BCUT2D eigenvalue weighted by Gasteiger charge is 2.10. The summed E-state index contributed by atoms with van der Waals surface area (Å²) in [5.41, 5.74) is 2.89. The van der Waals surface area contributed by atoms with E-state index in [1.165, 1.54) is 16.5 Å². The zero-order valence-corrected chi connectivity index (χ0v) is 12.2. The van der Waals surface area contributed by atoms with E-state index in [-0.39, 0.29) is 5.54 Å². The van der Waals surface area contributed by atoms with Crippen LogP contribution >= 0.6 is 0 Å². The summed E-state index contributed by atoms with van der Waals surface area (Å²) in [5, 5.41) is 4.91. The normalized spacial score (nSPS) is 11.9. The quantitative estimate of drug-likeness (QED) is 0.806. The molecule has 0 fully saturated rings. The van der Waals surface area contributed by atoms with Crippen molar-refractivity contribution in [2.75, 3.05) is 6.54 Å². The number of para-hydroxylation sites is 1. The molecule has 102 valence electrons. The zero-order chi connectivity index (χ0) is 13.9. The highest BCUT2D eigenvalue weighted by Crippen LogP contribution is 2.21. The van der Waals surface area contributed by atoms with E-state index >= 15 is 0 Å². The number of fused-ring (bicyclic) bond motifs is 1. The van der Waals surface area contributed by atoms with Crippen LogP contribution in [0.15, 0.2) is 43.1 Å². The van der Waals surface area contributed by atoms with Gasteiger partial charge in [-0.25, -0.2) is 0 Å². The Balaban J connectivity index is 2.20. The predicted molar refractivity (Wildman–Crippen MR) is 83.6 cm³/mol. The van der Waals surface area contributed by atoms with Crippen molar-refractivity contribution in [3.05, 3.63) is 48.7 Å². The number of nitrogens with one attached hydrogen (secondary N) is 1. The second-order valence-corrected chi connectivity index (χ2v) is 6.04. The molecule has 1 aromatic heterocycles. The first kappa shape index (κ1) is 13.9. The molecule has 1 aromatic carbocycles. The Hall–Kier alpha value is -1.54. The van der Waals surface area contributed by atoms with Crippen molar-refractivity contribution >= 4 is 10.9 Å². The summed E-state index contributed by atoms with van der Waals surface area (Å²) in [6, 6.07) is 8.60. The van der Waals surface area contributed by atoms with Crippen LogP contribution in [0.25, 0.3) is 10.9 Å². The van der Waals surface area contributed by atoms with Crippen LogP contribution in [-0.2, 0) is 13.0 Å². The van der Waals surface area contributed by atoms with Crippen LogP contribution in [0, 0.1) is 0 Å². The summed E-state index contributed by atoms with van der Waals surface area (Å²) in [6.45, 7) is 12.3. The van der Waals surface area contributed by atoms with E-state index in [0.717, 1.165) is 19.5 Å². The molecule has 2 rings (SSSR count). The molecule has 0 atom stereocenters. The maximum absolute atomic E-state index is 3.83. The number of allylic oxidation sites excluding steroid dienone is 1. The van der Waals surface area contributed by atoms with Gasteiger partial charge < -0.3 is 9.88 Å². The lowest BCUT2D eigenvalue weighted by molar-refractivity contribution is 0.429. The number of benzene rings is 1. The van der Waals surface area contributed by atoms with Gasteiger partial charge in [0, 0.05) is 29.2 Å². The summed E-state index contributed by atoms with van der Waals surface area (Å²) in [6.07, 6.45) is 5.27. The van der Waals surface area contributed by atoms with E-state index in [2.05, 4.69) is 67.7 Å². The van der Waals surface area contributed by atoms with E-state index in [1.54, 1.807) is 0 Å². The summed E-state index contributed by atoms with van der Waals surface area (Å²) in [5.74, 6) is 0. The molecule has 0 unspecified atom stereocenters. The zero-order valence-electron chi connectivity index (χ0n) is 12.2. The number of hydrogen-bond donors (Lipinski definition) is 1. The standard InChI is InChI=1S/C17H24N2/c1-5-12-19-13-14(10-11-18-17(2,3)4)15-8-6-7-9-16(15)19/h5-9,13,18H,1,10-12H2,2-4H3. The molecule has 0 aliphatic carbocycles. The van der Waals surface area contributed by atoms with Crippen LogP contribution < -0.4 is 5.32 Å². The van der Waals surface area contributed by atoms with Gasteiger partial charge in [-0.3, -0.25) is 0 Å². The van der Waals surface area contributed by atoms with Crippen LogP contribution in [0.1, 0.15) is 26.3 Å². The van der Waals surface area contributed by atoms with Gasteiger partial charge >= 0.3 is 0 Å². The van der Waals surface area contributed by atoms with Gasteiger partial charge in [0.05, 0.1) is 0 Å². The van der Waals surface area contributed by atoms with Crippen molar-refractivity contribution in [2.24, 2.45) is 0 Å². The molecule has 0 aliphatic rings. The summed E-state index contributed by atoms with van der Waals surface area (Å²) < 4.78 is 2.27. The fourth-order valence-electron chi connectivity index (χ4n) is 2.38. The molecule has 0 amide bonds. The Labute approximate surface area is 116 Å². The van der Waals surface area contributed by atoms with Crippen LogP contribution in [0.2, 0.25) is 0 Å². The lowest BCUT2D eigenvalue weighted by Crippen LogP contribution is -2.37. The molecule has 1 heterocycles. The minimum absolute atomic E-state index is 0.180. The molecular formula is C17H24N2. The predicted octanol–water partition coefficient (Wildman–Crippen LogP) is 3.76. The number of hydrogen-bond acceptors (Lipinski definition) is 1. The van der Waals surface area contributed by atoms with E-state index in [9.17, 15) is 0 Å². The van der Waals surface area contributed by atoms with Crippen LogP contribution in [0.4, 0.5) is 0 Å². The maximum atomic E-state index is 3.83. The fraction of sp³-hybridized carbons (Fsp3) is 0.412. The Bertz CT molecular complexity index is 558. The summed E-state index contributed by atoms with van der Waals surface area (Å²) in [4.78, 5) is 0. The molecule has 0 bridgehead atoms. The summed E-state index contributed by atoms with van der Waals surface area (Å²) >= 11 is 0. The van der Waals surface area contributed by atoms with Crippen LogP contribution in [0.3, 0.4) is 0 Å². The Morgan fingerprint density at radius 3 is 2.68 bits per heavy atom. The Morgan fingerprint density at radius 1 is 1.26 bits per heavy atom. The molecule has 0 radical (unpaired) electrons. The first-order valence-corrected chi connectivity index (χ1v) is 6.94. The van der Waals surface area contributed by atoms with Crippen molar-refractivity contribution in [2.45, 2.75) is 39.3 Å². The maximum Gasteiger partial charge on any atom is 0.0486 e. The molecular weight excluding hydrogens is 232 g/mol. The molecule has 1 N–H and O–H groups in total. The van der Waals surface area contributed by atoms with Crippen molar-refractivity contribution in [3.8, 4) is 0 Å². The molecule has 2 nitrogen and oxygen atoms in total. The second-order valence-electron chi connectivity index (χ2n) is 6.04. The van der Waals surface area contributed by atoms with Gasteiger partial charge in [-0.15, -0.1) is 6.58 Å². The van der Waals surface area contributed by atoms with Gasteiger partial charge in [-0.2, -0.15) is 0 Å². The van der Waals surface area contributed by atoms with Crippen molar-refractivity contribution < 1.29 is 0 Å². The van der Waals surface area contributed by atoms with Gasteiger partial charge in [0.15, 0.2) is 0 Å². The number of rotatable bonds is 5. The van der Waals surface area contributed by atoms with Gasteiger partial charge in [-0.1, -0.05) is 24.3 Å². The van der Waals surface area contributed by atoms with Gasteiger partial charge in [0.25, 0.3) is 0 Å². The lowest BCUT2D eigenvalue weighted by atomic mass is 10.1. The fourth-order valence-corrected chi connectivity index (χ4v) is 2.38. The highest BCUT2D eigenvalue weighted by atomic mass is 15.0. The van der Waals surface area contributed by atoms with Gasteiger partial charge in [0.2, 0.25) is 0 Å². The summed E-state index contributed by atoms with van der Waals surface area (Å²) in [7, 11) is 0. The SMILES string of the molecule is C=CCn1cc(CCNC(C)(C)C)c2ccccc21. The van der Waals surface area contributed by atoms with Crippen molar-refractivity contribution in [1.82, 2.24) is 9.88 Å². The second kappa shape index (κ2) is 5.62. The molecule has 0 spiro atoms. The molecule has 0 aliphatic heterocycles. The largest absolute Gasteiger partial charge is 0.343 e. The molecule has 0 saturated heterocycles. The molecule has 0 saturated carbocycles. The number of aromatic nitrogens is 1. The third-order valence-electron chi connectivity index (χ3n) is 3.25. The molecule has 2 aromatic rings. The lowest BCUT2D eigenvalue weighted by Gasteiger charge is -2.20. The van der Waals surface area contributed by atoms with E-state index in [0.29, 0.717) is 0 Å². The average Bonchev–Trinajstić information content (AvgIpc) is 2.68. The smallest absolute Gasteiger partial charge is 0.0486 e. The minimum Gasteiger partial charge on any atom is -0.343 e. The first-order valence-electron chi connectivity index (χ1n) is 6.94. The minimum atomic E-state index is 0.180. The van der Waals surface area contributed by atoms with Gasteiger partial charge in [0.1, 0.15) is 0 Å². The van der Waals surface area contributed by atoms with E-state index in [1.807, 2.05) is 6.08 Å². The van der Waals surface area contributed by atoms with E-state index in [4.69, 9.17) is 0 Å².